The topological polar surface area (TPSA) is 99.3 Å². The van der Waals surface area contributed by atoms with Gasteiger partial charge in [0.25, 0.3) is 0 Å². The largest absolute Gasteiger partial charge is 0.334 e. The molecule has 4 amide bonds. The second-order valence-corrected chi connectivity index (χ2v) is 7.96. The van der Waals surface area contributed by atoms with Crippen molar-refractivity contribution in [1.82, 2.24) is 10.6 Å². The van der Waals surface area contributed by atoms with Crippen LogP contribution in [0.1, 0.15) is 36.8 Å². The van der Waals surface area contributed by atoms with E-state index in [0.717, 1.165) is 48.2 Å². The van der Waals surface area contributed by atoms with Crippen LogP contribution in [0.25, 0.3) is 0 Å². The van der Waals surface area contributed by atoms with Crippen LogP contribution in [-0.4, -0.2) is 17.8 Å². The van der Waals surface area contributed by atoms with Crippen molar-refractivity contribution in [2.45, 2.75) is 38.8 Å². The molecular formula is C23H26N4O3. The summed E-state index contributed by atoms with van der Waals surface area (Å²) in [6, 6.07) is 14.7. The number of hydrogen-bond donors (Lipinski definition) is 4. The van der Waals surface area contributed by atoms with Crippen molar-refractivity contribution >= 4 is 29.2 Å². The van der Waals surface area contributed by atoms with Crippen molar-refractivity contribution in [3.63, 3.8) is 0 Å². The summed E-state index contributed by atoms with van der Waals surface area (Å²) in [5.74, 6) is 0.429. The van der Waals surface area contributed by atoms with E-state index in [2.05, 4.69) is 21.3 Å². The second-order valence-electron chi connectivity index (χ2n) is 7.96. The van der Waals surface area contributed by atoms with Gasteiger partial charge in [-0.25, -0.2) is 4.79 Å². The minimum Gasteiger partial charge on any atom is -0.334 e. The van der Waals surface area contributed by atoms with Crippen molar-refractivity contribution in [2.75, 3.05) is 10.6 Å². The van der Waals surface area contributed by atoms with E-state index in [1.165, 1.54) is 0 Å². The first-order valence-electron chi connectivity index (χ1n) is 10.4. The molecule has 0 aliphatic heterocycles. The molecule has 0 bridgehead atoms. The predicted molar refractivity (Wildman–Crippen MR) is 115 cm³/mol. The zero-order valence-electron chi connectivity index (χ0n) is 16.7. The maximum Gasteiger partial charge on any atom is 0.315 e. The lowest BCUT2D eigenvalue weighted by Crippen LogP contribution is -2.34. The van der Waals surface area contributed by atoms with Gasteiger partial charge in [-0.3, -0.25) is 9.59 Å². The Kier molecular flexibility index (Phi) is 5.97. The first-order chi connectivity index (χ1) is 14.6. The van der Waals surface area contributed by atoms with Crippen molar-refractivity contribution in [2.24, 2.45) is 11.8 Å². The maximum atomic E-state index is 12.1. The number of carbonyl (C=O) groups is 3. The molecule has 4 rings (SSSR count). The lowest BCUT2D eigenvalue weighted by molar-refractivity contribution is -0.118. The molecule has 2 aromatic carbocycles. The minimum absolute atomic E-state index is 0.0633. The highest BCUT2D eigenvalue weighted by molar-refractivity contribution is 5.94. The molecule has 2 saturated carbocycles. The first kappa shape index (κ1) is 19.9. The normalized spacial score (nSPS) is 15.2. The summed E-state index contributed by atoms with van der Waals surface area (Å²) in [5.41, 5.74) is 3.31. The Labute approximate surface area is 175 Å². The van der Waals surface area contributed by atoms with Crippen LogP contribution in [0.4, 0.5) is 16.2 Å². The fourth-order valence-electron chi connectivity index (χ4n) is 3.12. The highest BCUT2D eigenvalue weighted by Gasteiger charge is 2.30. The molecule has 2 aromatic rings. The maximum absolute atomic E-state index is 12.1. The van der Waals surface area contributed by atoms with Crippen molar-refractivity contribution in [3.05, 3.63) is 59.7 Å². The Bertz CT molecular complexity index is 875. The average molecular weight is 406 g/mol. The van der Waals surface area contributed by atoms with E-state index in [-0.39, 0.29) is 29.7 Å². The summed E-state index contributed by atoms with van der Waals surface area (Å²) < 4.78 is 0. The summed E-state index contributed by atoms with van der Waals surface area (Å²) in [5, 5.41) is 11.5. The van der Waals surface area contributed by atoms with Gasteiger partial charge in [0.05, 0.1) is 0 Å². The fourth-order valence-corrected chi connectivity index (χ4v) is 3.12. The van der Waals surface area contributed by atoms with Gasteiger partial charge in [-0.1, -0.05) is 24.3 Å². The van der Waals surface area contributed by atoms with E-state index in [0.29, 0.717) is 13.1 Å². The van der Waals surface area contributed by atoms with Crippen LogP contribution in [0.3, 0.4) is 0 Å². The average Bonchev–Trinajstić information content (AvgIpc) is 3.64. The van der Waals surface area contributed by atoms with E-state index < -0.39 is 0 Å². The van der Waals surface area contributed by atoms with Gasteiger partial charge in [-0.15, -0.1) is 0 Å². The number of hydrogen-bond acceptors (Lipinski definition) is 3. The Balaban J connectivity index is 1.22. The smallest absolute Gasteiger partial charge is 0.315 e. The molecule has 2 fully saturated rings. The Morgan fingerprint density at radius 2 is 1.13 bits per heavy atom. The standard InChI is InChI=1S/C23H26N4O3/c28-21(17-7-8-17)26-19-5-1-3-15(11-19)13-24-23(30)25-14-16-4-2-6-20(12-16)27-22(29)18-9-10-18/h1-6,11-12,17-18H,7-10,13-14H2,(H,26,28)(H,27,29)(H2,24,25,30). The summed E-state index contributed by atoms with van der Waals surface area (Å²) in [6.45, 7) is 0.715. The summed E-state index contributed by atoms with van der Waals surface area (Å²) in [6.07, 6.45) is 3.85. The number of amides is 4. The van der Waals surface area contributed by atoms with Crippen LogP contribution in [0, 0.1) is 11.8 Å². The van der Waals surface area contributed by atoms with E-state index in [9.17, 15) is 14.4 Å². The highest BCUT2D eigenvalue weighted by atomic mass is 16.2. The van der Waals surface area contributed by atoms with Crippen molar-refractivity contribution in [3.8, 4) is 0 Å². The molecule has 2 aliphatic carbocycles. The molecule has 7 heteroatoms. The lowest BCUT2D eigenvalue weighted by atomic mass is 10.2. The zero-order valence-corrected chi connectivity index (χ0v) is 16.7. The minimum atomic E-state index is -0.283. The van der Waals surface area contributed by atoms with Gasteiger partial charge in [-0.2, -0.15) is 0 Å². The van der Waals surface area contributed by atoms with Crippen molar-refractivity contribution < 1.29 is 14.4 Å². The number of anilines is 2. The number of carbonyl (C=O) groups excluding carboxylic acids is 3. The number of nitrogens with one attached hydrogen (secondary N) is 4. The molecule has 0 spiro atoms. The van der Waals surface area contributed by atoms with Gasteiger partial charge in [0.15, 0.2) is 0 Å². The molecule has 0 heterocycles. The van der Waals surface area contributed by atoms with Gasteiger partial charge in [0, 0.05) is 36.3 Å². The third kappa shape index (κ3) is 5.83. The third-order valence-corrected chi connectivity index (χ3v) is 5.19. The molecule has 7 nitrogen and oxygen atoms in total. The summed E-state index contributed by atoms with van der Waals surface area (Å²) in [7, 11) is 0. The van der Waals surface area contributed by atoms with Crippen LogP contribution in [0.5, 0.6) is 0 Å². The molecule has 0 unspecified atom stereocenters. The fraction of sp³-hybridized carbons (Fsp3) is 0.348. The van der Waals surface area contributed by atoms with E-state index in [1.54, 1.807) is 0 Å². The molecule has 0 radical (unpaired) electrons. The first-order valence-corrected chi connectivity index (χ1v) is 10.4. The quantitative estimate of drug-likeness (QED) is 0.541. The third-order valence-electron chi connectivity index (χ3n) is 5.19. The lowest BCUT2D eigenvalue weighted by Gasteiger charge is -2.11. The summed E-state index contributed by atoms with van der Waals surface area (Å²) in [4.78, 5) is 35.9. The van der Waals surface area contributed by atoms with Crippen LogP contribution in [0.15, 0.2) is 48.5 Å². The van der Waals surface area contributed by atoms with Crippen LogP contribution >= 0.6 is 0 Å². The number of urea groups is 1. The highest BCUT2D eigenvalue weighted by Crippen LogP contribution is 2.31. The Morgan fingerprint density at radius 3 is 1.53 bits per heavy atom. The SMILES string of the molecule is O=C(NCc1cccc(NC(=O)C2CC2)c1)NCc1cccc(NC(=O)C2CC2)c1. The van der Waals surface area contributed by atoms with Crippen LogP contribution in [0.2, 0.25) is 0 Å². The molecule has 4 N–H and O–H groups in total. The van der Waals surface area contributed by atoms with Gasteiger partial charge < -0.3 is 21.3 Å². The van der Waals surface area contributed by atoms with Crippen LogP contribution < -0.4 is 21.3 Å². The van der Waals surface area contributed by atoms with E-state index in [4.69, 9.17) is 0 Å². The van der Waals surface area contributed by atoms with Crippen molar-refractivity contribution in [1.29, 1.82) is 0 Å². The van der Waals surface area contributed by atoms with Gasteiger partial charge >= 0.3 is 6.03 Å². The molecule has 30 heavy (non-hydrogen) atoms. The summed E-state index contributed by atoms with van der Waals surface area (Å²) >= 11 is 0. The Hall–Kier alpha value is -3.35. The monoisotopic (exact) mass is 406 g/mol. The molecule has 156 valence electrons. The molecule has 0 atom stereocenters. The predicted octanol–water partition coefficient (Wildman–Crippen LogP) is 3.38. The Morgan fingerprint density at radius 1 is 0.700 bits per heavy atom. The van der Waals surface area contributed by atoms with Gasteiger partial charge in [-0.05, 0) is 61.1 Å². The molecular weight excluding hydrogens is 380 g/mol. The van der Waals surface area contributed by atoms with E-state index in [1.807, 2.05) is 48.5 Å². The molecule has 2 aliphatic rings. The van der Waals surface area contributed by atoms with Gasteiger partial charge in [0.2, 0.25) is 11.8 Å². The zero-order chi connectivity index (χ0) is 20.9. The van der Waals surface area contributed by atoms with Gasteiger partial charge in [0.1, 0.15) is 0 Å². The molecule has 0 aromatic heterocycles. The van der Waals surface area contributed by atoms with Crippen LogP contribution in [-0.2, 0) is 22.7 Å². The van der Waals surface area contributed by atoms with E-state index >= 15 is 0 Å². The second kappa shape index (κ2) is 8.98. The number of benzene rings is 2. The number of rotatable bonds is 8. The molecule has 0 saturated heterocycles.